The van der Waals surface area contributed by atoms with Crippen molar-refractivity contribution < 1.29 is 0 Å². The minimum absolute atomic E-state index is 0.388. The highest BCUT2D eigenvalue weighted by atomic mass is 15.3. The number of nitrogens with two attached hydrogens (primary N) is 1. The molecule has 4 N–H and O–H groups in total. The first-order valence-corrected chi connectivity index (χ1v) is 5.22. The third-order valence-corrected chi connectivity index (χ3v) is 2.48. The van der Waals surface area contributed by atoms with Crippen LogP contribution < -0.4 is 16.2 Å². The molecular weight excluding hydrogens is 206 g/mol. The van der Waals surface area contributed by atoms with Crippen LogP contribution >= 0.6 is 0 Å². The number of nitrogens with one attached hydrogen (secondary N) is 2. The Morgan fingerprint density at radius 1 is 1.38 bits per heavy atom. The zero-order valence-corrected chi connectivity index (χ0v) is 9.36. The number of rotatable bonds is 4. The number of nitrogen functional groups attached to an aromatic ring is 1. The number of nitrogens with zero attached hydrogens (tertiary/aromatic N) is 4. The molecule has 0 saturated carbocycles. The fourth-order valence-electron chi connectivity index (χ4n) is 1.65. The summed E-state index contributed by atoms with van der Waals surface area (Å²) in [5.41, 5.74) is 3.14. The van der Waals surface area contributed by atoms with E-state index in [1.54, 1.807) is 6.20 Å². The topological polar surface area (TPSA) is 95.8 Å². The highest BCUT2D eigenvalue weighted by molar-refractivity contribution is 5.87. The van der Waals surface area contributed by atoms with Gasteiger partial charge in [-0.3, -0.25) is 10.5 Å². The first-order valence-electron chi connectivity index (χ1n) is 5.22. The third-order valence-electron chi connectivity index (χ3n) is 2.48. The SMILES string of the molecule is CCN(CC)c1nc(NN)nc2[nH]ncc12. The number of fused-ring (bicyclic) bond motifs is 1. The summed E-state index contributed by atoms with van der Waals surface area (Å²) in [6.07, 6.45) is 1.73. The molecular formula is C9H15N7. The van der Waals surface area contributed by atoms with Crippen molar-refractivity contribution in [2.45, 2.75) is 13.8 Å². The van der Waals surface area contributed by atoms with Crippen molar-refractivity contribution in [3.63, 3.8) is 0 Å². The maximum atomic E-state index is 5.33. The Morgan fingerprint density at radius 2 is 2.12 bits per heavy atom. The quantitative estimate of drug-likeness (QED) is 0.513. The van der Waals surface area contributed by atoms with Crippen molar-refractivity contribution in [3.8, 4) is 0 Å². The number of H-pyrrole nitrogens is 1. The summed E-state index contributed by atoms with van der Waals surface area (Å²) in [5, 5.41) is 7.69. The fraction of sp³-hybridized carbons (Fsp3) is 0.444. The molecule has 7 heteroatoms. The van der Waals surface area contributed by atoms with Crippen molar-refractivity contribution in [3.05, 3.63) is 6.20 Å². The summed E-state index contributed by atoms with van der Waals surface area (Å²) in [6, 6.07) is 0. The molecule has 7 nitrogen and oxygen atoms in total. The van der Waals surface area contributed by atoms with E-state index in [-0.39, 0.29) is 0 Å². The van der Waals surface area contributed by atoms with E-state index in [0.29, 0.717) is 11.6 Å². The van der Waals surface area contributed by atoms with E-state index >= 15 is 0 Å². The van der Waals surface area contributed by atoms with Crippen LogP contribution in [-0.4, -0.2) is 33.3 Å². The minimum atomic E-state index is 0.388. The lowest BCUT2D eigenvalue weighted by Crippen LogP contribution is -2.24. The van der Waals surface area contributed by atoms with E-state index in [4.69, 9.17) is 5.84 Å². The number of aromatic amines is 1. The molecule has 2 aromatic rings. The normalized spacial score (nSPS) is 10.7. The van der Waals surface area contributed by atoms with Gasteiger partial charge in [-0.05, 0) is 13.8 Å². The first kappa shape index (κ1) is 10.6. The average Bonchev–Trinajstić information content (AvgIpc) is 2.78. The predicted molar refractivity (Wildman–Crippen MR) is 63.1 cm³/mol. The van der Waals surface area contributed by atoms with Crippen molar-refractivity contribution in [1.29, 1.82) is 0 Å². The number of hydrazine groups is 1. The van der Waals surface area contributed by atoms with E-state index in [0.717, 1.165) is 24.3 Å². The molecule has 0 radical (unpaired) electrons. The van der Waals surface area contributed by atoms with Crippen LogP contribution in [0.25, 0.3) is 11.0 Å². The largest absolute Gasteiger partial charge is 0.356 e. The van der Waals surface area contributed by atoms with Crippen LogP contribution in [0.15, 0.2) is 6.20 Å². The molecule has 2 rings (SSSR count). The lowest BCUT2D eigenvalue weighted by Gasteiger charge is -2.20. The predicted octanol–water partition coefficient (Wildman–Crippen LogP) is 0.485. The van der Waals surface area contributed by atoms with Gasteiger partial charge in [0.05, 0.1) is 11.6 Å². The van der Waals surface area contributed by atoms with E-state index in [1.807, 2.05) is 0 Å². The van der Waals surface area contributed by atoms with Gasteiger partial charge < -0.3 is 4.90 Å². The maximum absolute atomic E-state index is 5.33. The molecule has 2 aromatic heterocycles. The second kappa shape index (κ2) is 4.31. The number of aromatic nitrogens is 4. The Morgan fingerprint density at radius 3 is 2.75 bits per heavy atom. The van der Waals surface area contributed by atoms with Crippen molar-refractivity contribution in [2.75, 3.05) is 23.4 Å². The van der Waals surface area contributed by atoms with Crippen molar-refractivity contribution in [1.82, 2.24) is 20.2 Å². The Bertz CT molecular complexity index is 474. The Balaban J connectivity index is 2.60. The molecule has 86 valence electrons. The fourth-order valence-corrected chi connectivity index (χ4v) is 1.65. The highest BCUT2D eigenvalue weighted by Gasteiger charge is 2.13. The van der Waals surface area contributed by atoms with Crippen LogP contribution in [0.5, 0.6) is 0 Å². The van der Waals surface area contributed by atoms with Crippen molar-refractivity contribution in [2.24, 2.45) is 5.84 Å². The molecule has 0 aliphatic heterocycles. The molecule has 0 bridgehead atoms. The maximum Gasteiger partial charge on any atom is 0.241 e. The second-order valence-corrected chi connectivity index (χ2v) is 3.32. The van der Waals surface area contributed by atoms with E-state index < -0.39 is 0 Å². The molecule has 0 unspecified atom stereocenters. The van der Waals surface area contributed by atoms with Crippen LogP contribution in [0.1, 0.15) is 13.8 Å². The van der Waals surface area contributed by atoms with Gasteiger partial charge in [-0.2, -0.15) is 15.1 Å². The van der Waals surface area contributed by atoms with Crippen molar-refractivity contribution >= 4 is 22.8 Å². The zero-order valence-electron chi connectivity index (χ0n) is 9.36. The van der Waals surface area contributed by atoms with Gasteiger partial charge in [-0.15, -0.1) is 0 Å². The summed E-state index contributed by atoms with van der Waals surface area (Å²) in [7, 11) is 0. The molecule has 0 aliphatic carbocycles. The second-order valence-electron chi connectivity index (χ2n) is 3.32. The summed E-state index contributed by atoms with van der Waals surface area (Å²) >= 11 is 0. The lowest BCUT2D eigenvalue weighted by molar-refractivity contribution is 0.849. The Labute approximate surface area is 93.0 Å². The van der Waals surface area contributed by atoms with Gasteiger partial charge in [0.15, 0.2) is 5.65 Å². The lowest BCUT2D eigenvalue weighted by atomic mass is 10.3. The monoisotopic (exact) mass is 221 g/mol. The molecule has 0 atom stereocenters. The smallest absolute Gasteiger partial charge is 0.241 e. The number of hydrogen-bond donors (Lipinski definition) is 3. The molecule has 2 heterocycles. The Kier molecular flexibility index (Phi) is 2.86. The molecule has 0 spiro atoms. The van der Waals surface area contributed by atoms with Gasteiger partial charge in [0.2, 0.25) is 5.95 Å². The van der Waals surface area contributed by atoms with Gasteiger partial charge in [-0.1, -0.05) is 0 Å². The van der Waals surface area contributed by atoms with E-state index in [9.17, 15) is 0 Å². The minimum Gasteiger partial charge on any atom is -0.356 e. The van der Waals surface area contributed by atoms with Crippen LogP contribution in [0.3, 0.4) is 0 Å². The first-order chi connectivity index (χ1) is 7.80. The van der Waals surface area contributed by atoms with Crippen LogP contribution in [0.4, 0.5) is 11.8 Å². The standard InChI is InChI=1S/C9H15N7/c1-3-16(4-2)8-6-5-11-15-7(6)12-9(13-8)14-10/h5H,3-4,10H2,1-2H3,(H2,11,12,13,14,15). The van der Waals surface area contributed by atoms with Crippen LogP contribution in [0, 0.1) is 0 Å². The summed E-state index contributed by atoms with van der Waals surface area (Å²) in [5.74, 6) is 6.57. The third kappa shape index (κ3) is 1.65. The molecule has 0 fully saturated rings. The summed E-state index contributed by atoms with van der Waals surface area (Å²) in [6.45, 7) is 5.90. The van der Waals surface area contributed by atoms with Gasteiger partial charge in [-0.25, -0.2) is 5.84 Å². The van der Waals surface area contributed by atoms with Crippen LogP contribution in [-0.2, 0) is 0 Å². The Hall–Kier alpha value is -1.89. The summed E-state index contributed by atoms with van der Waals surface area (Å²) < 4.78 is 0. The number of anilines is 2. The zero-order chi connectivity index (χ0) is 11.5. The molecule has 0 aliphatic rings. The number of hydrogen-bond acceptors (Lipinski definition) is 6. The molecule has 16 heavy (non-hydrogen) atoms. The summed E-state index contributed by atoms with van der Waals surface area (Å²) in [4.78, 5) is 10.7. The molecule has 0 saturated heterocycles. The molecule has 0 aromatic carbocycles. The van der Waals surface area contributed by atoms with E-state index in [2.05, 4.69) is 44.3 Å². The van der Waals surface area contributed by atoms with Gasteiger partial charge in [0, 0.05) is 13.1 Å². The van der Waals surface area contributed by atoms with Gasteiger partial charge >= 0.3 is 0 Å². The van der Waals surface area contributed by atoms with Gasteiger partial charge in [0.1, 0.15) is 5.82 Å². The van der Waals surface area contributed by atoms with Gasteiger partial charge in [0.25, 0.3) is 0 Å². The highest BCUT2D eigenvalue weighted by Crippen LogP contribution is 2.23. The van der Waals surface area contributed by atoms with E-state index in [1.165, 1.54) is 0 Å². The average molecular weight is 221 g/mol. The van der Waals surface area contributed by atoms with Crippen LogP contribution in [0.2, 0.25) is 0 Å². The molecule has 0 amide bonds.